The number of rotatable bonds is 4. The number of hydrogen-bond donors (Lipinski definition) is 2. The predicted molar refractivity (Wildman–Crippen MR) is 98.5 cm³/mol. The minimum absolute atomic E-state index is 0.242. The lowest BCUT2D eigenvalue weighted by molar-refractivity contribution is -0.142. The molecule has 25 heavy (non-hydrogen) atoms. The number of carbonyl (C=O) groups is 1. The standard InChI is InChI=1S/C19H24N4O2/c1-12-8-13(2)18(14(3)9-12)22-16-10-17(21-11-20-16)23-6-4-15(5-7-23)19(24)25/h8-11,15H,4-7H2,1-3H3,(H,24,25)(H,20,21,22). The molecular formula is C19H24N4O2. The van der Waals surface area contributed by atoms with Gasteiger partial charge in [-0.1, -0.05) is 17.7 Å². The predicted octanol–water partition coefficient (Wildman–Crippen LogP) is 3.45. The van der Waals surface area contributed by atoms with E-state index in [4.69, 9.17) is 5.11 Å². The maximum atomic E-state index is 11.1. The summed E-state index contributed by atoms with van der Waals surface area (Å²) in [5.74, 6) is 0.646. The number of hydrogen-bond acceptors (Lipinski definition) is 5. The van der Waals surface area contributed by atoms with Crippen molar-refractivity contribution in [2.45, 2.75) is 33.6 Å². The van der Waals surface area contributed by atoms with E-state index >= 15 is 0 Å². The normalized spacial score (nSPS) is 15.2. The van der Waals surface area contributed by atoms with Crippen LogP contribution < -0.4 is 10.2 Å². The molecule has 1 aliphatic rings. The molecule has 0 atom stereocenters. The van der Waals surface area contributed by atoms with E-state index in [0.717, 1.165) is 17.3 Å². The van der Waals surface area contributed by atoms with E-state index in [-0.39, 0.29) is 5.92 Å². The molecule has 1 aromatic heterocycles. The van der Waals surface area contributed by atoms with Gasteiger partial charge >= 0.3 is 5.97 Å². The van der Waals surface area contributed by atoms with Crippen molar-refractivity contribution < 1.29 is 9.90 Å². The van der Waals surface area contributed by atoms with Gasteiger partial charge in [-0.05, 0) is 44.7 Å². The van der Waals surface area contributed by atoms with Gasteiger partial charge in [0.05, 0.1) is 5.92 Å². The zero-order chi connectivity index (χ0) is 18.0. The number of nitrogens with zero attached hydrogens (tertiary/aromatic N) is 3. The molecule has 6 heteroatoms. The summed E-state index contributed by atoms with van der Waals surface area (Å²) in [4.78, 5) is 21.9. The number of aryl methyl sites for hydroxylation is 3. The molecule has 0 radical (unpaired) electrons. The van der Waals surface area contributed by atoms with Crippen LogP contribution in [-0.2, 0) is 4.79 Å². The van der Waals surface area contributed by atoms with Crippen LogP contribution in [0.2, 0.25) is 0 Å². The van der Waals surface area contributed by atoms with E-state index < -0.39 is 5.97 Å². The maximum Gasteiger partial charge on any atom is 0.306 e. The number of carboxylic acid groups (broad SMARTS) is 1. The number of carboxylic acids is 1. The number of aromatic nitrogens is 2. The molecule has 1 aliphatic heterocycles. The largest absolute Gasteiger partial charge is 0.481 e. The van der Waals surface area contributed by atoms with E-state index in [9.17, 15) is 4.79 Å². The van der Waals surface area contributed by atoms with Gasteiger partial charge in [0.1, 0.15) is 18.0 Å². The molecule has 2 aromatic rings. The van der Waals surface area contributed by atoms with Crippen LogP contribution in [0.4, 0.5) is 17.3 Å². The zero-order valence-corrected chi connectivity index (χ0v) is 14.9. The minimum Gasteiger partial charge on any atom is -0.481 e. The van der Waals surface area contributed by atoms with Crippen LogP contribution in [0.3, 0.4) is 0 Å². The molecule has 0 amide bonds. The Kier molecular flexibility index (Phi) is 4.88. The van der Waals surface area contributed by atoms with E-state index in [0.29, 0.717) is 25.9 Å². The molecule has 2 heterocycles. The fraction of sp³-hybridized carbons (Fsp3) is 0.421. The Morgan fingerprint density at radius 1 is 1.12 bits per heavy atom. The number of benzene rings is 1. The third-order valence-electron chi connectivity index (χ3n) is 4.75. The minimum atomic E-state index is -0.699. The highest BCUT2D eigenvalue weighted by atomic mass is 16.4. The van der Waals surface area contributed by atoms with Crippen LogP contribution in [0.25, 0.3) is 0 Å². The molecule has 6 nitrogen and oxygen atoms in total. The number of anilines is 3. The summed E-state index contributed by atoms with van der Waals surface area (Å²) < 4.78 is 0. The first-order chi connectivity index (χ1) is 11.9. The molecular weight excluding hydrogens is 316 g/mol. The molecule has 2 N–H and O–H groups in total. The van der Waals surface area contributed by atoms with Gasteiger partial charge in [0.25, 0.3) is 0 Å². The van der Waals surface area contributed by atoms with Crippen LogP contribution in [0.1, 0.15) is 29.5 Å². The first-order valence-corrected chi connectivity index (χ1v) is 8.58. The monoisotopic (exact) mass is 340 g/mol. The molecule has 1 fully saturated rings. The Hall–Kier alpha value is -2.63. The molecule has 1 saturated heterocycles. The molecule has 0 unspecified atom stereocenters. The van der Waals surface area contributed by atoms with Gasteiger partial charge < -0.3 is 15.3 Å². The molecule has 132 valence electrons. The maximum absolute atomic E-state index is 11.1. The average molecular weight is 340 g/mol. The van der Waals surface area contributed by atoms with Crippen molar-refractivity contribution >= 4 is 23.3 Å². The number of aliphatic carboxylic acids is 1. The first kappa shape index (κ1) is 17.2. The fourth-order valence-corrected chi connectivity index (χ4v) is 3.45. The highest BCUT2D eigenvalue weighted by Gasteiger charge is 2.25. The van der Waals surface area contributed by atoms with Crippen LogP contribution >= 0.6 is 0 Å². The lowest BCUT2D eigenvalue weighted by Crippen LogP contribution is -2.36. The summed E-state index contributed by atoms with van der Waals surface area (Å²) in [6.45, 7) is 7.67. The van der Waals surface area contributed by atoms with Gasteiger partial charge in [0.15, 0.2) is 0 Å². The van der Waals surface area contributed by atoms with E-state index in [1.165, 1.54) is 16.7 Å². The van der Waals surface area contributed by atoms with Gasteiger partial charge in [-0.15, -0.1) is 0 Å². The van der Waals surface area contributed by atoms with Gasteiger partial charge in [-0.2, -0.15) is 0 Å². The average Bonchev–Trinajstić information content (AvgIpc) is 2.58. The molecule has 0 saturated carbocycles. The fourth-order valence-electron chi connectivity index (χ4n) is 3.45. The number of piperidine rings is 1. The third kappa shape index (κ3) is 3.90. The lowest BCUT2D eigenvalue weighted by atomic mass is 9.97. The van der Waals surface area contributed by atoms with E-state index in [2.05, 4.69) is 53.1 Å². The van der Waals surface area contributed by atoms with Crippen LogP contribution in [0.15, 0.2) is 24.5 Å². The Labute approximate surface area is 147 Å². The van der Waals surface area contributed by atoms with Crippen molar-refractivity contribution in [2.75, 3.05) is 23.3 Å². The van der Waals surface area contributed by atoms with Gasteiger partial charge in [-0.25, -0.2) is 9.97 Å². The smallest absolute Gasteiger partial charge is 0.306 e. The summed E-state index contributed by atoms with van der Waals surface area (Å²) in [5, 5.41) is 12.5. The summed E-state index contributed by atoms with van der Waals surface area (Å²) in [6.07, 6.45) is 2.86. The highest BCUT2D eigenvalue weighted by Crippen LogP contribution is 2.27. The Morgan fingerprint density at radius 3 is 2.36 bits per heavy atom. The third-order valence-corrected chi connectivity index (χ3v) is 4.75. The molecule has 0 aliphatic carbocycles. The first-order valence-electron chi connectivity index (χ1n) is 8.58. The summed E-state index contributed by atoms with van der Waals surface area (Å²) in [6, 6.07) is 6.22. The summed E-state index contributed by atoms with van der Waals surface area (Å²) >= 11 is 0. The SMILES string of the molecule is Cc1cc(C)c(Nc2cc(N3CCC(C(=O)O)CC3)ncn2)c(C)c1. The Morgan fingerprint density at radius 2 is 1.76 bits per heavy atom. The van der Waals surface area contributed by atoms with Crippen molar-refractivity contribution in [2.24, 2.45) is 5.92 Å². The van der Waals surface area contributed by atoms with E-state index in [1.54, 1.807) is 6.33 Å². The summed E-state index contributed by atoms with van der Waals surface area (Å²) in [5.41, 5.74) is 4.67. The Balaban J connectivity index is 1.76. The van der Waals surface area contributed by atoms with Crippen LogP contribution in [0, 0.1) is 26.7 Å². The lowest BCUT2D eigenvalue weighted by Gasteiger charge is -2.31. The zero-order valence-electron chi connectivity index (χ0n) is 14.9. The van der Waals surface area contributed by atoms with E-state index in [1.807, 2.05) is 6.07 Å². The molecule has 1 aromatic carbocycles. The Bertz CT molecular complexity index is 760. The van der Waals surface area contributed by atoms with Gasteiger partial charge in [0.2, 0.25) is 0 Å². The quantitative estimate of drug-likeness (QED) is 0.887. The topological polar surface area (TPSA) is 78.4 Å². The van der Waals surface area contributed by atoms with Gasteiger partial charge in [-0.3, -0.25) is 4.79 Å². The highest BCUT2D eigenvalue weighted by molar-refractivity contribution is 5.70. The second kappa shape index (κ2) is 7.09. The van der Waals surface area contributed by atoms with Crippen molar-refractivity contribution in [3.63, 3.8) is 0 Å². The second-order valence-electron chi connectivity index (χ2n) is 6.76. The van der Waals surface area contributed by atoms with Gasteiger partial charge in [0, 0.05) is 24.8 Å². The molecule has 0 bridgehead atoms. The molecule has 3 rings (SSSR count). The van der Waals surface area contributed by atoms with Crippen molar-refractivity contribution in [3.8, 4) is 0 Å². The number of nitrogens with one attached hydrogen (secondary N) is 1. The second-order valence-corrected chi connectivity index (χ2v) is 6.76. The van der Waals surface area contributed by atoms with Crippen LogP contribution in [-0.4, -0.2) is 34.1 Å². The summed E-state index contributed by atoms with van der Waals surface area (Å²) in [7, 11) is 0. The van der Waals surface area contributed by atoms with Crippen molar-refractivity contribution in [3.05, 3.63) is 41.2 Å². The van der Waals surface area contributed by atoms with Crippen molar-refractivity contribution in [1.29, 1.82) is 0 Å². The molecule has 0 spiro atoms. The van der Waals surface area contributed by atoms with Crippen molar-refractivity contribution in [1.82, 2.24) is 9.97 Å². The van der Waals surface area contributed by atoms with Crippen LogP contribution in [0.5, 0.6) is 0 Å².